The predicted octanol–water partition coefficient (Wildman–Crippen LogP) is 0.543. The summed E-state index contributed by atoms with van der Waals surface area (Å²) in [5.41, 5.74) is -0.178. The molecule has 0 aromatic heterocycles. The normalized spacial score (nSPS) is 15.4. The number of imide groups is 2. The number of halogens is 2. The van der Waals surface area contributed by atoms with Crippen LogP contribution in [0.4, 0.5) is 13.6 Å². The van der Waals surface area contributed by atoms with Crippen molar-refractivity contribution in [3.8, 4) is 0 Å². The number of rotatable bonds is 2. The summed E-state index contributed by atoms with van der Waals surface area (Å²) >= 11 is 0. The molecule has 88 valence electrons. The monoisotopic (exact) mass is 240 g/mol. The van der Waals surface area contributed by atoms with Gasteiger partial charge in [0, 0.05) is 5.56 Å². The van der Waals surface area contributed by atoms with Gasteiger partial charge in [-0.05, 0) is 18.2 Å². The number of carbonyl (C=O) groups is 3. The van der Waals surface area contributed by atoms with E-state index >= 15 is 0 Å². The van der Waals surface area contributed by atoms with Gasteiger partial charge in [0.2, 0.25) is 0 Å². The van der Waals surface area contributed by atoms with Crippen LogP contribution in [-0.4, -0.2) is 22.7 Å². The van der Waals surface area contributed by atoms with Gasteiger partial charge < -0.3 is 0 Å². The zero-order valence-corrected chi connectivity index (χ0v) is 8.37. The van der Waals surface area contributed by atoms with Crippen LogP contribution in [0.1, 0.15) is 5.56 Å². The molecule has 7 heteroatoms. The van der Waals surface area contributed by atoms with Gasteiger partial charge in [-0.25, -0.2) is 13.6 Å². The molecule has 0 bridgehead atoms. The SMILES string of the molecule is O=C1NC(=O)N(Cc2cc(F)ccc2F)C1=O. The fraction of sp³-hybridized carbons (Fsp3) is 0.100. The number of benzene rings is 1. The minimum Gasteiger partial charge on any atom is -0.269 e. The fourth-order valence-corrected chi connectivity index (χ4v) is 1.41. The first-order chi connectivity index (χ1) is 7.99. The Hall–Kier alpha value is -2.31. The summed E-state index contributed by atoms with van der Waals surface area (Å²) in [7, 11) is 0. The number of nitrogens with one attached hydrogen (secondary N) is 1. The molecule has 1 fully saturated rings. The predicted molar refractivity (Wildman–Crippen MR) is 50.4 cm³/mol. The Bertz CT molecular complexity index is 530. The Morgan fingerprint density at radius 1 is 1.18 bits per heavy atom. The van der Waals surface area contributed by atoms with Crippen molar-refractivity contribution in [3.63, 3.8) is 0 Å². The average molecular weight is 240 g/mol. The van der Waals surface area contributed by atoms with E-state index in [0.717, 1.165) is 18.2 Å². The Morgan fingerprint density at radius 3 is 2.47 bits per heavy atom. The summed E-state index contributed by atoms with van der Waals surface area (Å²) in [6.45, 7) is -0.486. The van der Waals surface area contributed by atoms with Gasteiger partial charge in [-0.2, -0.15) is 0 Å². The second-order valence-electron chi connectivity index (χ2n) is 3.39. The first kappa shape index (κ1) is 11.2. The second kappa shape index (κ2) is 3.93. The Balaban J connectivity index is 2.27. The molecular formula is C10H6F2N2O3. The Labute approximate surface area is 94.0 Å². The molecule has 5 nitrogen and oxygen atoms in total. The Kier molecular flexibility index (Phi) is 2.58. The van der Waals surface area contributed by atoms with E-state index in [9.17, 15) is 23.2 Å². The van der Waals surface area contributed by atoms with Gasteiger partial charge in [0.15, 0.2) is 0 Å². The van der Waals surface area contributed by atoms with Crippen molar-refractivity contribution in [2.75, 3.05) is 0 Å². The lowest BCUT2D eigenvalue weighted by Gasteiger charge is -2.11. The molecule has 1 heterocycles. The molecule has 2 rings (SSSR count). The maximum absolute atomic E-state index is 13.3. The molecule has 0 atom stereocenters. The van der Waals surface area contributed by atoms with Crippen molar-refractivity contribution in [2.45, 2.75) is 6.54 Å². The topological polar surface area (TPSA) is 66.5 Å². The summed E-state index contributed by atoms with van der Waals surface area (Å²) in [5.74, 6) is -3.61. The van der Waals surface area contributed by atoms with E-state index in [-0.39, 0.29) is 5.56 Å². The summed E-state index contributed by atoms with van der Waals surface area (Å²) in [6.07, 6.45) is 0. The van der Waals surface area contributed by atoms with Gasteiger partial charge in [-0.3, -0.25) is 19.8 Å². The summed E-state index contributed by atoms with van der Waals surface area (Å²) in [5, 5.41) is 1.75. The van der Waals surface area contributed by atoms with E-state index in [0.29, 0.717) is 4.90 Å². The summed E-state index contributed by atoms with van der Waals surface area (Å²) < 4.78 is 26.1. The molecule has 0 radical (unpaired) electrons. The number of amides is 4. The van der Waals surface area contributed by atoms with Crippen molar-refractivity contribution < 1.29 is 23.2 Å². The van der Waals surface area contributed by atoms with Crippen LogP contribution in [0.25, 0.3) is 0 Å². The lowest BCUT2D eigenvalue weighted by molar-refractivity contribution is -0.140. The first-order valence-corrected chi connectivity index (χ1v) is 4.60. The van der Waals surface area contributed by atoms with E-state index < -0.39 is 36.0 Å². The number of hydrogen-bond donors (Lipinski definition) is 1. The van der Waals surface area contributed by atoms with Crippen molar-refractivity contribution in [3.05, 3.63) is 35.4 Å². The van der Waals surface area contributed by atoms with Crippen LogP contribution in [-0.2, 0) is 16.1 Å². The van der Waals surface area contributed by atoms with E-state index in [1.165, 1.54) is 0 Å². The van der Waals surface area contributed by atoms with Crippen LogP contribution in [0, 0.1) is 11.6 Å². The molecule has 1 aromatic carbocycles. The van der Waals surface area contributed by atoms with Gasteiger partial charge in [-0.1, -0.05) is 0 Å². The largest absolute Gasteiger partial charge is 0.331 e. The van der Waals surface area contributed by atoms with Gasteiger partial charge in [0.25, 0.3) is 0 Å². The minimum absolute atomic E-state index is 0.178. The van der Waals surface area contributed by atoms with Crippen LogP contribution in [0.5, 0.6) is 0 Å². The molecule has 1 aliphatic heterocycles. The van der Waals surface area contributed by atoms with Crippen LogP contribution in [0.15, 0.2) is 18.2 Å². The van der Waals surface area contributed by atoms with Crippen molar-refractivity contribution in [2.24, 2.45) is 0 Å². The standard InChI is InChI=1S/C10H6F2N2O3/c11-6-1-2-7(12)5(3-6)4-14-9(16)8(15)13-10(14)17/h1-3H,4H2,(H,13,15,17). The van der Waals surface area contributed by atoms with E-state index in [2.05, 4.69) is 0 Å². The lowest BCUT2D eigenvalue weighted by atomic mass is 10.2. The van der Waals surface area contributed by atoms with Crippen molar-refractivity contribution in [1.29, 1.82) is 0 Å². The molecule has 0 aliphatic carbocycles. The highest BCUT2D eigenvalue weighted by atomic mass is 19.1. The molecule has 1 aromatic rings. The van der Waals surface area contributed by atoms with Crippen molar-refractivity contribution in [1.82, 2.24) is 10.2 Å². The third kappa shape index (κ3) is 1.99. The third-order valence-electron chi connectivity index (χ3n) is 2.24. The molecule has 17 heavy (non-hydrogen) atoms. The molecule has 1 aliphatic rings. The zero-order chi connectivity index (χ0) is 12.6. The Morgan fingerprint density at radius 2 is 1.88 bits per heavy atom. The van der Waals surface area contributed by atoms with E-state index in [1.54, 1.807) is 5.32 Å². The fourth-order valence-electron chi connectivity index (χ4n) is 1.41. The molecule has 0 saturated carbocycles. The molecule has 1 saturated heterocycles. The summed E-state index contributed by atoms with van der Waals surface area (Å²) in [6, 6.07) is 1.71. The first-order valence-electron chi connectivity index (χ1n) is 4.60. The average Bonchev–Trinajstić information content (AvgIpc) is 2.50. The lowest BCUT2D eigenvalue weighted by Crippen LogP contribution is -2.30. The van der Waals surface area contributed by atoms with E-state index in [1.807, 2.05) is 0 Å². The maximum atomic E-state index is 13.3. The zero-order valence-electron chi connectivity index (χ0n) is 8.37. The highest BCUT2D eigenvalue weighted by Crippen LogP contribution is 2.14. The molecule has 4 amide bonds. The summed E-state index contributed by atoms with van der Waals surface area (Å²) in [4.78, 5) is 33.7. The van der Waals surface area contributed by atoms with Gasteiger partial charge in [0.1, 0.15) is 11.6 Å². The quantitative estimate of drug-likeness (QED) is 0.606. The van der Waals surface area contributed by atoms with Crippen LogP contribution in [0.3, 0.4) is 0 Å². The number of nitrogens with zero attached hydrogens (tertiary/aromatic N) is 1. The van der Waals surface area contributed by atoms with Crippen LogP contribution >= 0.6 is 0 Å². The van der Waals surface area contributed by atoms with Gasteiger partial charge >= 0.3 is 17.8 Å². The van der Waals surface area contributed by atoms with Gasteiger partial charge in [-0.15, -0.1) is 0 Å². The van der Waals surface area contributed by atoms with Crippen LogP contribution in [0.2, 0.25) is 0 Å². The number of carbonyl (C=O) groups excluding carboxylic acids is 3. The smallest absolute Gasteiger partial charge is 0.269 e. The molecule has 0 unspecified atom stereocenters. The highest BCUT2D eigenvalue weighted by Gasteiger charge is 2.37. The molecular weight excluding hydrogens is 234 g/mol. The van der Waals surface area contributed by atoms with Crippen LogP contribution < -0.4 is 5.32 Å². The minimum atomic E-state index is -1.08. The van der Waals surface area contributed by atoms with Gasteiger partial charge in [0.05, 0.1) is 6.54 Å². The van der Waals surface area contributed by atoms with Crippen molar-refractivity contribution >= 4 is 17.8 Å². The maximum Gasteiger partial charge on any atom is 0.331 e. The van der Waals surface area contributed by atoms with E-state index in [4.69, 9.17) is 0 Å². The number of urea groups is 1. The second-order valence-corrected chi connectivity index (χ2v) is 3.39. The molecule has 1 N–H and O–H groups in total. The number of hydrogen-bond acceptors (Lipinski definition) is 3. The third-order valence-corrected chi connectivity index (χ3v) is 2.24. The highest BCUT2D eigenvalue weighted by molar-refractivity contribution is 6.44. The molecule has 0 spiro atoms.